The van der Waals surface area contributed by atoms with Gasteiger partial charge in [-0.2, -0.15) is 5.10 Å². The predicted octanol–water partition coefficient (Wildman–Crippen LogP) is 3.09. The molecule has 0 amide bonds. The van der Waals surface area contributed by atoms with Gasteiger partial charge in [-0.25, -0.2) is 9.67 Å². The molecule has 2 N–H and O–H groups in total. The summed E-state index contributed by atoms with van der Waals surface area (Å²) >= 11 is 0. The van der Waals surface area contributed by atoms with Crippen LogP contribution in [0.4, 0.5) is 0 Å². The lowest BCUT2D eigenvalue weighted by atomic mass is 10.0. The Hall–Kier alpha value is -1.86. The maximum Gasteiger partial charge on any atom is 0.142 e. The van der Waals surface area contributed by atoms with Crippen LogP contribution in [0.2, 0.25) is 0 Å². The first-order chi connectivity index (χ1) is 12.2. The minimum Gasteiger partial charge on any atom is -0.395 e. The molecule has 0 bridgehead atoms. The molecule has 0 saturated carbocycles. The third-order valence-electron chi connectivity index (χ3n) is 4.90. The van der Waals surface area contributed by atoms with Gasteiger partial charge < -0.3 is 15.0 Å². The minimum absolute atomic E-state index is 0. The van der Waals surface area contributed by atoms with Gasteiger partial charge >= 0.3 is 0 Å². The molecule has 146 valence electrons. The molecule has 2 aromatic heterocycles. The average Bonchev–Trinajstić information content (AvgIpc) is 3.33. The van der Waals surface area contributed by atoms with E-state index in [0.717, 1.165) is 30.0 Å². The number of nitrogens with zero attached hydrogens (tertiary/aromatic N) is 4. The smallest absolute Gasteiger partial charge is 0.142 e. The Balaban J connectivity index is 0.00000131. The first kappa shape index (κ1) is 21.4. The largest absolute Gasteiger partial charge is 0.395 e. The second kappa shape index (κ2) is 8.89. The molecular weight excluding hydrogens is 385 g/mol. The number of aliphatic hydroxyl groups is 1. The number of rotatable bonds is 4. The van der Waals surface area contributed by atoms with Gasteiger partial charge in [-0.1, -0.05) is 6.07 Å². The summed E-state index contributed by atoms with van der Waals surface area (Å²) in [4.78, 5) is 4.67. The van der Waals surface area contributed by atoms with E-state index in [0.29, 0.717) is 6.04 Å². The topological polar surface area (TPSA) is 67.9 Å². The summed E-state index contributed by atoms with van der Waals surface area (Å²) in [6, 6.07) is 6.73. The maximum atomic E-state index is 9.41. The van der Waals surface area contributed by atoms with E-state index in [2.05, 4.69) is 45.9 Å². The highest BCUT2D eigenvalue weighted by Crippen LogP contribution is 2.32. The molecule has 27 heavy (non-hydrogen) atoms. The summed E-state index contributed by atoms with van der Waals surface area (Å²) in [5.41, 5.74) is 4.52. The number of aromatic nitrogens is 4. The molecule has 0 radical (unpaired) electrons. The van der Waals surface area contributed by atoms with Crippen molar-refractivity contribution in [2.75, 3.05) is 13.2 Å². The van der Waals surface area contributed by atoms with Gasteiger partial charge in [0.1, 0.15) is 5.82 Å². The van der Waals surface area contributed by atoms with E-state index in [-0.39, 0.29) is 37.5 Å². The molecule has 0 aliphatic carbocycles. The van der Waals surface area contributed by atoms with Crippen LogP contribution in [0, 0.1) is 13.8 Å². The number of aliphatic hydroxyl groups excluding tert-OH is 1. The number of halogens is 2. The fourth-order valence-corrected chi connectivity index (χ4v) is 3.80. The lowest BCUT2D eigenvalue weighted by molar-refractivity contribution is 0.253. The summed E-state index contributed by atoms with van der Waals surface area (Å²) in [6.07, 6.45) is 8.55. The molecule has 3 aromatic rings. The van der Waals surface area contributed by atoms with Crippen LogP contribution < -0.4 is 5.32 Å². The van der Waals surface area contributed by atoms with E-state index in [1.54, 1.807) is 6.20 Å². The van der Waals surface area contributed by atoms with Gasteiger partial charge in [0.2, 0.25) is 0 Å². The molecule has 1 aliphatic heterocycles. The van der Waals surface area contributed by atoms with Gasteiger partial charge in [0.25, 0.3) is 0 Å². The third-order valence-corrected chi connectivity index (χ3v) is 4.90. The van der Waals surface area contributed by atoms with Crippen LogP contribution in [-0.4, -0.2) is 43.6 Å². The summed E-state index contributed by atoms with van der Waals surface area (Å²) < 4.78 is 4.14. The minimum atomic E-state index is 0. The van der Waals surface area contributed by atoms with Gasteiger partial charge in [0, 0.05) is 49.0 Å². The Labute approximate surface area is 171 Å². The predicted molar refractivity (Wildman–Crippen MR) is 111 cm³/mol. The summed E-state index contributed by atoms with van der Waals surface area (Å²) in [5, 5.41) is 17.2. The quantitative estimate of drug-likeness (QED) is 0.694. The lowest BCUT2D eigenvalue weighted by Crippen LogP contribution is -2.24. The van der Waals surface area contributed by atoms with E-state index < -0.39 is 0 Å². The molecule has 0 unspecified atom stereocenters. The van der Waals surface area contributed by atoms with Crippen LogP contribution in [0.3, 0.4) is 0 Å². The van der Waals surface area contributed by atoms with Crippen molar-refractivity contribution in [1.82, 2.24) is 24.6 Å². The van der Waals surface area contributed by atoms with Gasteiger partial charge in [0.05, 0.1) is 12.3 Å². The van der Waals surface area contributed by atoms with Crippen LogP contribution >= 0.6 is 24.8 Å². The molecular formula is C19H25Cl2N5O. The molecule has 1 aliphatic rings. The van der Waals surface area contributed by atoms with Crippen LogP contribution in [0.25, 0.3) is 17.1 Å². The van der Waals surface area contributed by atoms with Crippen molar-refractivity contribution in [1.29, 1.82) is 0 Å². The molecule has 6 nitrogen and oxygen atoms in total. The first-order valence-corrected chi connectivity index (χ1v) is 8.66. The first-order valence-electron chi connectivity index (χ1n) is 8.66. The van der Waals surface area contributed by atoms with Crippen LogP contribution in [0.5, 0.6) is 0 Å². The highest BCUT2D eigenvalue weighted by atomic mass is 35.5. The Morgan fingerprint density at radius 3 is 2.67 bits per heavy atom. The molecule has 1 fully saturated rings. The Morgan fingerprint density at radius 1 is 1.19 bits per heavy atom. The SMILES string of the molecule is Cc1cc(C)c(-n2cccn2)c(-c2nccn2[C@@H]2CN[C@H](CO)C2)c1.Cl.Cl. The van der Waals surface area contributed by atoms with Crippen LogP contribution in [-0.2, 0) is 0 Å². The number of benzene rings is 1. The molecule has 3 heterocycles. The van der Waals surface area contributed by atoms with Crippen molar-refractivity contribution in [3.8, 4) is 17.1 Å². The molecule has 0 spiro atoms. The van der Waals surface area contributed by atoms with Crippen molar-refractivity contribution in [2.24, 2.45) is 0 Å². The zero-order chi connectivity index (χ0) is 17.4. The monoisotopic (exact) mass is 409 g/mol. The van der Waals surface area contributed by atoms with E-state index in [1.807, 2.05) is 29.3 Å². The van der Waals surface area contributed by atoms with Crippen molar-refractivity contribution in [3.63, 3.8) is 0 Å². The highest BCUT2D eigenvalue weighted by molar-refractivity contribution is 5.85. The molecule has 4 rings (SSSR count). The second-order valence-electron chi connectivity index (χ2n) is 6.76. The third kappa shape index (κ3) is 4.04. The Morgan fingerprint density at radius 2 is 2.00 bits per heavy atom. The zero-order valence-electron chi connectivity index (χ0n) is 15.4. The van der Waals surface area contributed by atoms with Crippen molar-refractivity contribution < 1.29 is 5.11 Å². The zero-order valence-corrected chi connectivity index (χ0v) is 17.0. The molecule has 2 atom stereocenters. The summed E-state index contributed by atoms with van der Waals surface area (Å²) in [7, 11) is 0. The van der Waals surface area contributed by atoms with Gasteiger partial charge in [-0.05, 0) is 43.5 Å². The van der Waals surface area contributed by atoms with Crippen molar-refractivity contribution in [2.45, 2.75) is 32.4 Å². The number of imidazole rings is 1. The standard InChI is InChI=1S/C19H23N5O.2ClH/c1-13-8-14(2)18(24-6-3-4-22-24)17(9-13)19-20-5-7-23(19)16-10-15(12-25)21-11-16;;/h3-9,15-16,21,25H,10-12H2,1-2H3;2*1H/t15-,16-;;/m0../s1. The average molecular weight is 410 g/mol. The van der Waals surface area contributed by atoms with Crippen LogP contribution in [0.1, 0.15) is 23.6 Å². The number of aryl methyl sites for hydroxylation is 2. The number of hydrogen-bond acceptors (Lipinski definition) is 4. The molecule has 1 aromatic carbocycles. The molecule has 8 heteroatoms. The van der Waals surface area contributed by atoms with E-state index in [1.165, 1.54) is 11.1 Å². The molecule has 1 saturated heterocycles. The summed E-state index contributed by atoms with van der Waals surface area (Å²) in [6.45, 7) is 5.23. The van der Waals surface area contributed by atoms with Crippen LogP contribution in [0.15, 0.2) is 43.0 Å². The fourth-order valence-electron chi connectivity index (χ4n) is 3.80. The van der Waals surface area contributed by atoms with E-state index >= 15 is 0 Å². The van der Waals surface area contributed by atoms with Crippen molar-refractivity contribution in [3.05, 3.63) is 54.1 Å². The van der Waals surface area contributed by atoms with Crippen molar-refractivity contribution >= 4 is 24.8 Å². The Kier molecular flexibility index (Phi) is 7.06. The maximum absolute atomic E-state index is 9.41. The van der Waals surface area contributed by atoms with Gasteiger partial charge in [0.15, 0.2) is 0 Å². The normalized spacial score (nSPS) is 18.8. The number of nitrogens with one attached hydrogen (secondary N) is 1. The van der Waals surface area contributed by atoms with E-state index in [9.17, 15) is 5.11 Å². The highest BCUT2D eigenvalue weighted by Gasteiger charge is 2.27. The second-order valence-corrected chi connectivity index (χ2v) is 6.76. The lowest BCUT2D eigenvalue weighted by Gasteiger charge is -2.18. The van der Waals surface area contributed by atoms with Gasteiger partial charge in [-0.3, -0.25) is 0 Å². The van der Waals surface area contributed by atoms with E-state index in [4.69, 9.17) is 0 Å². The fraction of sp³-hybridized carbons (Fsp3) is 0.368. The Bertz CT molecular complexity index is 878. The van der Waals surface area contributed by atoms with Gasteiger partial charge in [-0.15, -0.1) is 24.8 Å². The summed E-state index contributed by atoms with van der Waals surface area (Å²) in [5.74, 6) is 0.947. The number of hydrogen-bond donors (Lipinski definition) is 2.